The first-order chi connectivity index (χ1) is 13.9. The van der Waals surface area contributed by atoms with Crippen molar-refractivity contribution in [3.8, 4) is 0 Å². The topological polar surface area (TPSA) is 66.5 Å². The first-order valence-corrected chi connectivity index (χ1v) is 12.3. The van der Waals surface area contributed by atoms with Gasteiger partial charge in [-0.2, -0.15) is 4.31 Å². The zero-order valence-electron chi connectivity index (χ0n) is 16.9. The van der Waals surface area contributed by atoms with Crippen LogP contribution in [0.25, 0.3) is 0 Å². The van der Waals surface area contributed by atoms with Gasteiger partial charge in [0.1, 0.15) is 0 Å². The molecule has 1 N–H and O–H groups in total. The van der Waals surface area contributed by atoms with Crippen LogP contribution in [0.3, 0.4) is 0 Å². The summed E-state index contributed by atoms with van der Waals surface area (Å²) in [5.41, 5.74) is 2.24. The molecule has 1 amide bonds. The van der Waals surface area contributed by atoms with E-state index in [4.69, 9.17) is 0 Å². The van der Waals surface area contributed by atoms with Gasteiger partial charge in [0.2, 0.25) is 15.9 Å². The van der Waals surface area contributed by atoms with E-state index in [1.54, 1.807) is 36.0 Å². The maximum absolute atomic E-state index is 12.9. The van der Waals surface area contributed by atoms with Crippen molar-refractivity contribution < 1.29 is 13.2 Å². The molecular formula is C22H28N2O3S2. The molecule has 1 aliphatic heterocycles. The van der Waals surface area contributed by atoms with Crippen molar-refractivity contribution in [3.05, 3.63) is 59.7 Å². The highest BCUT2D eigenvalue weighted by Gasteiger charge is 2.33. The number of nitrogens with one attached hydrogen (secondary N) is 1. The van der Waals surface area contributed by atoms with Crippen LogP contribution >= 0.6 is 11.8 Å². The third-order valence-corrected chi connectivity index (χ3v) is 8.00. The highest BCUT2D eigenvalue weighted by Crippen LogP contribution is 2.24. The molecule has 0 bridgehead atoms. The predicted molar refractivity (Wildman–Crippen MR) is 118 cm³/mol. The SMILES string of the molecule is Cc1ccc(SCCNC(=O)C2CCCN(S(=O)(=O)c3ccc(C)cc3)C2)cc1. The van der Waals surface area contributed by atoms with Crippen molar-refractivity contribution >= 4 is 27.7 Å². The molecule has 1 atom stereocenters. The van der Waals surface area contributed by atoms with Gasteiger partial charge in [0, 0.05) is 30.3 Å². The van der Waals surface area contributed by atoms with Crippen LogP contribution in [0.1, 0.15) is 24.0 Å². The van der Waals surface area contributed by atoms with Crippen LogP contribution in [-0.2, 0) is 14.8 Å². The van der Waals surface area contributed by atoms with Crippen molar-refractivity contribution in [2.24, 2.45) is 5.92 Å². The Morgan fingerprint density at radius 3 is 2.34 bits per heavy atom. The van der Waals surface area contributed by atoms with E-state index in [0.717, 1.165) is 17.7 Å². The van der Waals surface area contributed by atoms with Crippen LogP contribution in [-0.4, -0.2) is 44.0 Å². The van der Waals surface area contributed by atoms with Gasteiger partial charge >= 0.3 is 0 Å². The Balaban J connectivity index is 1.51. The Labute approximate surface area is 177 Å². The van der Waals surface area contributed by atoms with Crippen molar-refractivity contribution in [2.75, 3.05) is 25.4 Å². The van der Waals surface area contributed by atoms with Gasteiger partial charge in [-0.05, 0) is 51.0 Å². The molecule has 1 aliphatic rings. The molecule has 0 aromatic heterocycles. The van der Waals surface area contributed by atoms with Crippen molar-refractivity contribution in [1.29, 1.82) is 0 Å². The maximum Gasteiger partial charge on any atom is 0.243 e. The molecule has 3 rings (SSSR count). The normalized spacial score (nSPS) is 17.8. The summed E-state index contributed by atoms with van der Waals surface area (Å²) in [6.07, 6.45) is 1.41. The standard InChI is InChI=1S/C22H28N2O3S2/c1-17-5-9-20(10-6-17)28-15-13-23-22(25)19-4-3-14-24(16-19)29(26,27)21-11-7-18(2)8-12-21/h5-12,19H,3-4,13-16H2,1-2H3,(H,23,25). The van der Waals surface area contributed by atoms with E-state index in [-0.39, 0.29) is 18.4 Å². The molecule has 7 heteroatoms. The van der Waals surface area contributed by atoms with Crippen LogP contribution in [0, 0.1) is 19.8 Å². The van der Waals surface area contributed by atoms with Gasteiger partial charge in [0.25, 0.3) is 0 Å². The Hall–Kier alpha value is -1.83. The Morgan fingerprint density at radius 1 is 1.07 bits per heavy atom. The number of piperidine rings is 1. The molecular weight excluding hydrogens is 404 g/mol. The van der Waals surface area contributed by atoms with Gasteiger partial charge < -0.3 is 5.32 Å². The molecule has 0 aliphatic carbocycles. The average molecular weight is 433 g/mol. The zero-order chi connectivity index (χ0) is 20.9. The van der Waals surface area contributed by atoms with Gasteiger partial charge in [0.05, 0.1) is 10.8 Å². The Kier molecular flexibility index (Phi) is 7.38. The molecule has 2 aromatic rings. The molecule has 2 aromatic carbocycles. The summed E-state index contributed by atoms with van der Waals surface area (Å²) in [5, 5.41) is 2.97. The molecule has 0 spiro atoms. The highest BCUT2D eigenvalue weighted by atomic mass is 32.2. The number of rotatable bonds is 7. The number of carbonyl (C=O) groups excluding carboxylic acids is 1. The van der Waals surface area contributed by atoms with Gasteiger partial charge in [-0.3, -0.25) is 4.79 Å². The fraction of sp³-hybridized carbons (Fsp3) is 0.409. The smallest absolute Gasteiger partial charge is 0.243 e. The summed E-state index contributed by atoms with van der Waals surface area (Å²) in [5.74, 6) is 0.430. The van der Waals surface area contributed by atoms with E-state index in [1.165, 1.54) is 14.8 Å². The zero-order valence-corrected chi connectivity index (χ0v) is 18.6. The number of benzene rings is 2. The second-order valence-corrected chi connectivity index (χ2v) is 10.6. The number of sulfonamides is 1. The first-order valence-electron chi connectivity index (χ1n) is 9.90. The summed E-state index contributed by atoms with van der Waals surface area (Å²) < 4.78 is 27.2. The lowest BCUT2D eigenvalue weighted by Crippen LogP contribution is -2.45. The first kappa shape index (κ1) is 21.9. The second kappa shape index (κ2) is 9.78. The number of hydrogen-bond donors (Lipinski definition) is 1. The number of amides is 1. The van der Waals surface area contributed by atoms with Crippen LogP contribution in [0.2, 0.25) is 0 Å². The fourth-order valence-electron chi connectivity index (χ4n) is 3.36. The van der Waals surface area contributed by atoms with E-state index < -0.39 is 10.0 Å². The number of hydrogen-bond acceptors (Lipinski definition) is 4. The molecule has 5 nitrogen and oxygen atoms in total. The number of nitrogens with zero attached hydrogens (tertiary/aromatic N) is 1. The monoisotopic (exact) mass is 432 g/mol. The van der Waals surface area contributed by atoms with Gasteiger partial charge in [-0.1, -0.05) is 35.4 Å². The number of thioether (sulfide) groups is 1. The van der Waals surface area contributed by atoms with E-state index >= 15 is 0 Å². The van der Waals surface area contributed by atoms with E-state index in [1.807, 2.05) is 6.92 Å². The maximum atomic E-state index is 12.9. The predicted octanol–water partition coefficient (Wildman–Crippen LogP) is 3.61. The largest absolute Gasteiger partial charge is 0.355 e. The van der Waals surface area contributed by atoms with Gasteiger partial charge in [-0.15, -0.1) is 11.8 Å². The lowest BCUT2D eigenvalue weighted by molar-refractivity contribution is -0.125. The Bertz CT molecular complexity index is 926. The third kappa shape index (κ3) is 5.84. The summed E-state index contributed by atoms with van der Waals surface area (Å²) in [6.45, 7) is 5.25. The van der Waals surface area contributed by atoms with Gasteiger partial charge in [-0.25, -0.2) is 8.42 Å². The lowest BCUT2D eigenvalue weighted by Gasteiger charge is -2.31. The van der Waals surface area contributed by atoms with Crippen LogP contribution in [0.4, 0.5) is 0 Å². The lowest BCUT2D eigenvalue weighted by atomic mass is 9.99. The van der Waals surface area contributed by atoms with Crippen LogP contribution < -0.4 is 5.32 Å². The minimum atomic E-state index is -3.56. The summed E-state index contributed by atoms with van der Waals surface area (Å²) in [6, 6.07) is 15.2. The van der Waals surface area contributed by atoms with E-state index in [2.05, 4.69) is 36.5 Å². The molecule has 156 valence electrons. The molecule has 29 heavy (non-hydrogen) atoms. The average Bonchev–Trinajstić information content (AvgIpc) is 2.73. The van der Waals surface area contributed by atoms with Crippen LogP contribution in [0.5, 0.6) is 0 Å². The third-order valence-electron chi connectivity index (χ3n) is 5.10. The fourth-order valence-corrected chi connectivity index (χ4v) is 5.65. The summed E-state index contributed by atoms with van der Waals surface area (Å²) >= 11 is 1.70. The molecule has 1 unspecified atom stereocenters. The second-order valence-electron chi connectivity index (χ2n) is 7.47. The number of carbonyl (C=O) groups is 1. The van der Waals surface area contributed by atoms with Crippen molar-refractivity contribution in [3.63, 3.8) is 0 Å². The molecule has 0 radical (unpaired) electrons. The minimum absolute atomic E-state index is 0.0571. The molecule has 1 saturated heterocycles. The molecule has 1 heterocycles. The van der Waals surface area contributed by atoms with Crippen molar-refractivity contribution in [2.45, 2.75) is 36.5 Å². The van der Waals surface area contributed by atoms with Crippen LogP contribution in [0.15, 0.2) is 58.3 Å². The quantitative estimate of drug-likeness (QED) is 0.536. The Morgan fingerprint density at radius 2 is 1.69 bits per heavy atom. The summed E-state index contributed by atoms with van der Waals surface area (Å²) in [4.78, 5) is 14.0. The molecule has 1 fully saturated rings. The van der Waals surface area contributed by atoms with E-state index in [9.17, 15) is 13.2 Å². The number of aryl methyl sites for hydroxylation is 2. The minimum Gasteiger partial charge on any atom is -0.355 e. The van der Waals surface area contributed by atoms with E-state index in [0.29, 0.717) is 24.4 Å². The molecule has 0 saturated carbocycles. The summed E-state index contributed by atoms with van der Waals surface area (Å²) in [7, 11) is -3.56. The van der Waals surface area contributed by atoms with Gasteiger partial charge in [0.15, 0.2) is 0 Å². The highest BCUT2D eigenvalue weighted by molar-refractivity contribution is 7.99. The van der Waals surface area contributed by atoms with Crippen molar-refractivity contribution in [1.82, 2.24) is 9.62 Å².